The summed E-state index contributed by atoms with van der Waals surface area (Å²) in [6.07, 6.45) is -7.25. The maximum absolute atomic E-state index is 14.1. The Morgan fingerprint density at radius 2 is 1.70 bits per heavy atom. The van der Waals surface area contributed by atoms with E-state index in [0.29, 0.717) is 40.7 Å². The summed E-state index contributed by atoms with van der Waals surface area (Å²) in [7, 11) is 1.30. The third kappa shape index (κ3) is 9.23. The first-order valence-electron chi connectivity index (χ1n) is 23.5. The van der Waals surface area contributed by atoms with E-state index in [4.69, 9.17) is 33.4 Å². The van der Waals surface area contributed by atoms with Crippen LogP contribution in [0.4, 0.5) is 16.2 Å². The molecule has 74 heavy (non-hydrogen) atoms. The number of cyclic esters (lactones) is 1. The van der Waals surface area contributed by atoms with Crippen LogP contribution in [0.1, 0.15) is 67.3 Å². The lowest BCUT2D eigenvalue weighted by Crippen LogP contribution is -2.61. The second-order valence-corrected chi connectivity index (χ2v) is 18.1. The predicted octanol–water partition coefficient (Wildman–Crippen LogP) is 0.883. The van der Waals surface area contributed by atoms with Gasteiger partial charge in [-0.05, 0) is 48.6 Å². The van der Waals surface area contributed by atoms with E-state index in [1.54, 1.807) is 19.1 Å². The van der Waals surface area contributed by atoms with Crippen molar-refractivity contribution in [3.63, 3.8) is 0 Å². The number of aliphatic hydroxyl groups excluding tert-OH is 3. The molecule has 4 aromatic rings. The fraction of sp³-hybridized carbons (Fsp3) is 0.408. The average Bonchev–Trinajstić information content (AvgIpc) is 4.11. The number of aliphatic carboxylic acids is 1. The van der Waals surface area contributed by atoms with Gasteiger partial charge in [-0.3, -0.25) is 34.2 Å². The number of hydrogen-bond acceptors (Lipinski definition) is 19. The highest BCUT2D eigenvalue weighted by Gasteiger charge is 2.49. The number of nitrogens with zero attached hydrogens (tertiary/aromatic N) is 4. The van der Waals surface area contributed by atoms with E-state index in [1.807, 2.05) is 6.92 Å². The first kappa shape index (κ1) is 51.0. The smallest absolute Gasteiger partial charge is 0.412 e. The van der Waals surface area contributed by atoms with Gasteiger partial charge in [-0.1, -0.05) is 26.3 Å². The molecule has 0 aliphatic carbocycles. The van der Waals surface area contributed by atoms with Crippen molar-refractivity contribution in [3.8, 4) is 28.6 Å². The van der Waals surface area contributed by atoms with Gasteiger partial charge < -0.3 is 68.7 Å². The SMILES string of the molecule is CCCCc1c2c(nc3cc4c(c(NC(=O)OCc5ccc(O[C@@H]6OC(C(=O)O)[C@H](O)C(O)C6O)c(NC(=O)CN(C)C(=O)CCN6C(=O)C=CC6=O)c5)c13)OCO4)-c1cc3c(c(=O)n1C2)COC(=O)[C@]3(O)CC. The molecule has 1 fully saturated rings. The van der Waals surface area contributed by atoms with E-state index in [9.17, 15) is 63.9 Å². The number of esters is 1. The molecule has 0 spiro atoms. The minimum absolute atomic E-state index is 0.0414. The number of anilines is 2. The van der Waals surface area contributed by atoms with Gasteiger partial charge in [0.1, 0.15) is 43.0 Å². The Morgan fingerprint density at radius 1 is 0.946 bits per heavy atom. The van der Waals surface area contributed by atoms with E-state index in [1.165, 1.54) is 29.8 Å². The van der Waals surface area contributed by atoms with Crippen LogP contribution in [-0.2, 0) is 74.8 Å². The maximum Gasteiger partial charge on any atom is 0.412 e. The molecule has 390 valence electrons. The van der Waals surface area contributed by atoms with Crippen molar-refractivity contribution in [3.05, 3.63) is 80.7 Å². The minimum Gasteiger partial charge on any atom is -0.479 e. The Bertz CT molecular complexity index is 3120. The van der Waals surface area contributed by atoms with Crippen LogP contribution in [0.3, 0.4) is 0 Å². The maximum atomic E-state index is 14.1. The summed E-state index contributed by atoms with van der Waals surface area (Å²) in [5.41, 5.74) is 0.615. The van der Waals surface area contributed by atoms with Gasteiger partial charge >= 0.3 is 18.0 Å². The number of fused-ring (bicyclic) bond motifs is 6. The third-order valence-corrected chi connectivity index (χ3v) is 13.4. The molecule has 0 radical (unpaired) electrons. The van der Waals surface area contributed by atoms with Gasteiger partial charge in [0.25, 0.3) is 17.4 Å². The number of hydrogen-bond donors (Lipinski definition) is 7. The molecular weight excluding hydrogens is 977 g/mol. The first-order valence-corrected chi connectivity index (χ1v) is 23.5. The van der Waals surface area contributed by atoms with Crippen LogP contribution in [0.5, 0.6) is 17.2 Å². The molecule has 5 aliphatic heterocycles. The molecule has 9 rings (SSSR count). The van der Waals surface area contributed by atoms with Crippen molar-refractivity contribution < 1.29 is 87.5 Å². The Hall–Kier alpha value is -7.97. The van der Waals surface area contributed by atoms with Crippen molar-refractivity contribution >= 4 is 63.9 Å². The predicted molar refractivity (Wildman–Crippen MR) is 251 cm³/mol. The summed E-state index contributed by atoms with van der Waals surface area (Å²) in [5, 5.41) is 58.2. The number of aromatic nitrogens is 2. The Morgan fingerprint density at radius 3 is 2.42 bits per heavy atom. The molecule has 0 bridgehead atoms. The molecule has 25 nitrogen and oxygen atoms in total. The highest BCUT2D eigenvalue weighted by Crippen LogP contribution is 2.49. The molecule has 7 N–H and O–H groups in total. The fourth-order valence-corrected chi connectivity index (χ4v) is 9.42. The van der Waals surface area contributed by atoms with Crippen LogP contribution in [0.2, 0.25) is 0 Å². The standard InChI is InChI=1S/C49H50N6O19/c1-4-6-7-23-24-17-55-29(15-26-25(44(55)63)20-69-47(66)49(26,68)5-2)37(24)51-28-16-31-42(72-21-71-31)38(36(23)28)52-48(67)70-19-22-8-9-30(73-46-41(62)39(60)40(61)43(74-46)45(64)65)27(14-22)50-32(56)18-53(3)33(57)12-13-54-34(58)10-11-35(54)59/h8-11,14-16,39-41,43,46,60-62,68H,4-7,12-13,17-21H2,1-3H3,(H,50,56)(H,52,67)(H,64,65)/t39?,40-,41?,43?,46-,49+/m1/s1. The van der Waals surface area contributed by atoms with E-state index >= 15 is 0 Å². The fourth-order valence-electron chi connectivity index (χ4n) is 9.42. The van der Waals surface area contributed by atoms with Gasteiger partial charge in [-0.25, -0.2) is 19.4 Å². The molecular formula is C49H50N6O19. The number of carboxylic acids is 1. The topological polar surface area (TPSA) is 341 Å². The summed E-state index contributed by atoms with van der Waals surface area (Å²) in [4.78, 5) is 110. The second-order valence-electron chi connectivity index (χ2n) is 18.1. The Kier molecular flexibility index (Phi) is 13.9. The number of aliphatic hydroxyl groups is 4. The number of carboxylic acid groups (broad SMARTS) is 1. The van der Waals surface area contributed by atoms with E-state index < -0.39 is 96.7 Å². The number of benzene rings is 2. The number of imide groups is 1. The number of carbonyl (C=O) groups is 7. The van der Waals surface area contributed by atoms with Crippen molar-refractivity contribution in [2.24, 2.45) is 0 Å². The lowest BCUT2D eigenvalue weighted by atomic mass is 9.86. The number of ether oxygens (including phenoxy) is 6. The number of unbranched alkanes of at least 4 members (excludes halogenated alkanes) is 1. The second kappa shape index (κ2) is 20.1. The summed E-state index contributed by atoms with van der Waals surface area (Å²) in [5.74, 6) is -4.96. The van der Waals surface area contributed by atoms with Crippen LogP contribution in [-0.4, -0.2) is 144 Å². The zero-order valence-corrected chi connectivity index (χ0v) is 39.9. The number of carbonyl (C=O) groups excluding carboxylic acids is 6. The van der Waals surface area contributed by atoms with E-state index in [0.717, 1.165) is 33.9 Å². The zero-order valence-electron chi connectivity index (χ0n) is 39.9. The largest absolute Gasteiger partial charge is 0.479 e. The molecule has 3 unspecified atom stereocenters. The molecule has 0 saturated carbocycles. The van der Waals surface area contributed by atoms with Crippen molar-refractivity contribution in [1.82, 2.24) is 19.4 Å². The van der Waals surface area contributed by atoms with Crippen molar-refractivity contribution in [1.29, 1.82) is 0 Å². The highest BCUT2D eigenvalue weighted by atomic mass is 16.7. The van der Waals surface area contributed by atoms with Crippen LogP contribution < -0.4 is 30.4 Å². The number of rotatable bonds is 16. The Labute approximate surface area is 418 Å². The summed E-state index contributed by atoms with van der Waals surface area (Å²) in [6, 6.07) is 7.20. The van der Waals surface area contributed by atoms with Crippen LogP contribution >= 0.6 is 0 Å². The summed E-state index contributed by atoms with van der Waals surface area (Å²) < 4.78 is 35.2. The highest BCUT2D eigenvalue weighted by molar-refractivity contribution is 6.13. The molecule has 5 aliphatic rings. The summed E-state index contributed by atoms with van der Waals surface area (Å²) >= 11 is 0. The minimum atomic E-state index is -2.04. The number of likely N-dealkylation sites (N-methyl/N-ethyl adjacent to an activating group) is 1. The van der Waals surface area contributed by atoms with Crippen LogP contribution in [0.15, 0.2) is 47.3 Å². The van der Waals surface area contributed by atoms with Crippen molar-refractivity contribution in [2.45, 2.75) is 102 Å². The number of pyridine rings is 2. The third-order valence-electron chi connectivity index (χ3n) is 13.4. The molecule has 6 atom stereocenters. The van der Waals surface area contributed by atoms with Crippen LogP contribution in [0.25, 0.3) is 22.3 Å². The van der Waals surface area contributed by atoms with E-state index in [2.05, 4.69) is 10.6 Å². The van der Waals surface area contributed by atoms with Gasteiger partial charge in [0.05, 0.1) is 41.2 Å². The molecule has 2 aromatic carbocycles. The number of amides is 5. The van der Waals surface area contributed by atoms with E-state index in [-0.39, 0.29) is 84.6 Å². The Balaban J connectivity index is 0.987. The lowest BCUT2D eigenvalue weighted by Gasteiger charge is -2.38. The lowest BCUT2D eigenvalue weighted by molar-refractivity contribution is -0.271. The van der Waals surface area contributed by atoms with Crippen molar-refractivity contribution in [2.75, 3.05) is 37.6 Å². The van der Waals surface area contributed by atoms with Gasteiger partial charge in [-0.15, -0.1) is 0 Å². The normalized spacial score (nSPS) is 22.2. The van der Waals surface area contributed by atoms with Crippen LogP contribution in [0, 0.1) is 0 Å². The zero-order chi connectivity index (χ0) is 52.9. The van der Waals surface area contributed by atoms with Gasteiger partial charge in [-0.2, -0.15) is 0 Å². The molecule has 25 heteroatoms. The number of nitrogens with one attached hydrogen (secondary N) is 2. The molecule has 7 heterocycles. The molecule has 5 amide bonds. The monoisotopic (exact) mass is 1030 g/mol. The van der Waals surface area contributed by atoms with Gasteiger partial charge in [0.15, 0.2) is 23.2 Å². The first-order chi connectivity index (χ1) is 35.3. The average molecular weight is 1030 g/mol. The molecule has 2 aromatic heterocycles. The number of aryl methyl sites for hydroxylation is 1. The quantitative estimate of drug-likeness (QED) is 0.0533. The van der Waals surface area contributed by atoms with Gasteiger partial charge in [0.2, 0.25) is 24.9 Å². The van der Waals surface area contributed by atoms with Gasteiger partial charge in [0, 0.05) is 54.7 Å². The summed E-state index contributed by atoms with van der Waals surface area (Å²) in [6.45, 7) is 1.91. The molecule has 1 saturated heterocycles.